The molecule has 0 unspecified atom stereocenters. The van der Waals surface area contributed by atoms with Crippen molar-refractivity contribution in [3.8, 4) is 0 Å². The summed E-state index contributed by atoms with van der Waals surface area (Å²) < 4.78 is 11.9. The molecule has 1 fully saturated rings. The quantitative estimate of drug-likeness (QED) is 0.111. The smallest absolute Gasteiger partial charge is 0.338 e. The van der Waals surface area contributed by atoms with Crippen LogP contribution >= 0.6 is 39.1 Å². The molecule has 254 valence electrons. The highest BCUT2D eigenvalue weighted by atomic mass is 79.9. The molecule has 0 spiro atoms. The number of esters is 2. The summed E-state index contributed by atoms with van der Waals surface area (Å²) in [5.74, 6) is -0.734. The van der Waals surface area contributed by atoms with Gasteiger partial charge in [-0.1, -0.05) is 80.6 Å². The number of carbonyl (C=O) groups excluding carboxylic acids is 2. The number of nitrogens with two attached hydrogens (primary N) is 1. The lowest BCUT2D eigenvalue weighted by Crippen LogP contribution is -2.36. The van der Waals surface area contributed by atoms with E-state index in [9.17, 15) is 9.59 Å². The highest BCUT2D eigenvalue weighted by Crippen LogP contribution is 2.34. The van der Waals surface area contributed by atoms with E-state index in [-0.39, 0.29) is 31.6 Å². The molecule has 0 aliphatic heterocycles. The van der Waals surface area contributed by atoms with Crippen molar-refractivity contribution in [1.29, 1.82) is 0 Å². The number of ether oxygens (including phenoxy) is 2. The zero-order valence-electron chi connectivity index (χ0n) is 27.2. The maximum atomic E-state index is 13.0. The van der Waals surface area contributed by atoms with E-state index in [2.05, 4.69) is 38.0 Å². The van der Waals surface area contributed by atoms with Crippen LogP contribution in [0.1, 0.15) is 67.4 Å². The van der Waals surface area contributed by atoms with Crippen molar-refractivity contribution >= 4 is 68.1 Å². The zero-order chi connectivity index (χ0) is 33.8. The number of rotatable bonds is 16. The average molecular weight is 749 g/mol. The van der Waals surface area contributed by atoms with Gasteiger partial charge in [-0.15, -0.1) is 0 Å². The summed E-state index contributed by atoms with van der Waals surface area (Å²) >= 11 is 16.2. The van der Waals surface area contributed by atoms with Gasteiger partial charge in [0.2, 0.25) is 0 Å². The van der Waals surface area contributed by atoms with Crippen LogP contribution < -0.4 is 11.1 Å². The van der Waals surface area contributed by atoms with Gasteiger partial charge in [-0.05, 0) is 83.3 Å². The predicted octanol–water partition coefficient (Wildman–Crippen LogP) is 8.50. The molecular formula is C36H45BrCl2N4O4. The van der Waals surface area contributed by atoms with Gasteiger partial charge in [0.05, 0.1) is 33.4 Å². The first-order valence-electron chi connectivity index (χ1n) is 16.4. The van der Waals surface area contributed by atoms with Gasteiger partial charge in [-0.25, -0.2) is 4.79 Å². The van der Waals surface area contributed by atoms with Gasteiger partial charge in [0.15, 0.2) is 0 Å². The molecule has 11 heteroatoms. The average Bonchev–Trinajstić information content (AvgIpc) is 3.07. The second-order valence-corrected chi connectivity index (χ2v) is 13.4. The highest BCUT2D eigenvalue weighted by Gasteiger charge is 2.22. The molecule has 8 nitrogen and oxygen atoms in total. The molecule has 0 aromatic heterocycles. The summed E-state index contributed by atoms with van der Waals surface area (Å²) in [6.07, 6.45) is 6.32. The fraction of sp³-hybridized carbons (Fsp3) is 0.444. The van der Waals surface area contributed by atoms with E-state index in [0.29, 0.717) is 63.7 Å². The van der Waals surface area contributed by atoms with E-state index in [1.54, 1.807) is 24.3 Å². The molecule has 0 radical (unpaired) electrons. The van der Waals surface area contributed by atoms with Gasteiger partial charge in [0, 0.05) is 35.8 Å². The number of nitrogens with zero attached hydrogens (tertiary/aromatic N) is 2. The van der Waals surface area contributed by atoms with Gasteiger partial charge in [0.1, 0.15) is 13.2 Å². The van der Waals surface area contributed by atoms with E-state index in [1.807, 2.05) is 37.3 Å². The van der Waals surface area contributed by atoms with Gasteiger partial charge in [0.25, 0.3) is 0 Å². The minimum Gasteiger partial charge on any atom is -0.464 e. The summed E-state index contributed by atoms with van der Waals surface area (Å²) in [7, 11) is 0. The van der Waals surface area contributed by atoms with Crippen LogP contribution in [0.3, 0.4) is 0 Å². The fourth-order valence-electron chi connectivity index (χ4n) is 5.91. The number of anilines is 3. The number of hydrogen-bond donors (Lipinski definition) is 2. The zero-order valence-corrected chi connectivity index (χ0v) is 30.3. The van der Waals surface area contributed by atoms with Crippen molar-refractivity contribution in [2.75, 3.05) is 50.4 Å². The molecule has 0 heterocycles. The number of para-hydroxylation sites is 2. The van der Waals surface area contributed by atoms with Crippen molar-refractivity contribution < 1.29 is 19.1 Å². The van der Waals surface area contributed by atoms with Crippen molar-refractivity contribution in [1.82, 2.24) is 9.80 Å². The SMILES string of the molecule is CCN(CCOC(=O)Cc1ccccc1Nc1c(Cl)cccc1Cl)CCOC(=O)c1cc(Br)c(N)c(CN(CC)C2CCCCC2)c1. The van der Waals surface area contributed by atoms with E-state index >= 15 is 0 Å². The summed E-state index contributed by atoms with van der Waals surface area (Å²) in [6.45, 7) is 8.00. The molecule has 4 rings (SSSR count). The number of carbonyl (C=O) groups is 2. The van der Waals surface area contributed by atoms with E-state index in [1.165, 1.54) is 32.1 Å². The lowest BCUT2D eigenvalue weighted by atomic mass is 9.93. The van der Waals surface area contributed by atoms with Gasteiger partial charge < -0.3 is 20.5 Å². The van der Waals surface area contributed by atoms with Crippen LogP contribution in [0.5, 0.6) is 0 Å². The first kappa shape index (κ1) is 37.0. The molecule has 3 aromatic carbocycles. The molecule has 0 bridgehead atoms. The number of nitrogens with one attached hydrogen (secondary N) is 1. The maximum Gasteiger partial charge on any atom is 0.338 e. The molecule has 47 heavy (non-hydrogen) atoms. The van der Waals surface area contributed by atoms with Crippen LogP contribution in [0.15, 0.2) is 59.1 Å². The van der Waals surface area contributed by atoms with Crippen molar-refractivity contribution in [3.05, 3.63) is 85.8 Å². The molecular weight excluding hydrogens is 703 g/mol. The Morgan fingerprint density at radius 2 is 1.60 bits per heavy atom. The number of halogens is 3. The number of benzene rings is 3. The summed E-state index contributed by atoms with van der Waals surface area (Å²) in [4.78, 5) is 30.3. The maximum absolute atomic E-state index is 13.0. The van der Waals surface area contributed by atoms with E-state index in [0.717, 1.165) is 23.4 Å². The highest BCUT2D eigenvalue weighted by molar-refractivity contribution is 9.10. The van der Waals surface area contributed by atoms with Gasteiger partial charge >= 0.3 is 11.9 Å². The topological polar surface area (TPSA) is 97.1 Å². The molecule has 0 saturated heterocycles. The minimum atomic E-state index is -0.388. The molecule has 0 amide bonds. The first-order valence-corrected chi connectivity index (χ1v) is 17.9. The first-order chi connectivity index (χ1) is 22.7. The Kier molecular flexibility index (Phi) is 14.7. The normalized spacial score (nSPS) is 13.6. The molecule has 3 aromatic rings. The summed E-state index contributed by atoms with van der Waals surface area (Å²) in [5.41, 5.74) is 10.6. The van der Waals surface area contributed by atoms with Gasteiger partial charge in [-0.3, -0.25) is 14.6 Å². The van der Waals surface area contributed by atoms with Crippen LogP contribution in [0.25, 0.3) is 0 Å². The molecule has 1 saturated carbocycles. The largest absolute Gasteiger partial charge is 0.464 e. The lowest BCUT2D eigenvalue weighted by Gasteiger charge is -2.34. The molecule has 3 N–H and O–H groups in total. The van der Waals surface area contributed by atoms with Crippen LogP contribution in [0.2, 0.25) is 10.0 Å². The Balaban J connectivity index is 1.24. The summed E-state index contributed by atoms with van der Waals surface area (Å²) in [5, 5.41) is 4.21. The van der Waals surface area contributed by atoms with Crippen LogP contribution in [0, 0.1) is 0 Å². The summed E-state index contributed by atoms with van der Waals surface area (Å²) in [6, 6.07) is 16.9. The van der Waals surface area contributed by atoms with E-state index < -0.39 is 0 Å². The Morgan fingerprint density at radius 3 is 2.28 bits per heavy atom. The van der Waals surface area contributed by atoms with Crippen LogP contribution in [0.4, 0.5) is 17.1 Å². The third kappa shape index (κ3) is 10.8. The van der Waals surface area contributed by atoms with Crippen molar-refractivity contribution in [2.24, 2.45) is 0 Å². The van der Waals surface area contributed by atoms with Gasteiger partial charge in [-0.2, -0.15) is 0 Å². The van der Waals surface area contributed by atoms with E-state index in [4.69, 9.17) is 38.4 Å². The monoisotopic (exact) mass is 746 g/mol. The standard InChI is InChI=1S/C36H45BrCl2N4O4/c1-3-42(17-19-46-33(44)23-25-11-8-9-16-32(25)41-35-30(38)14-10-15-31(35)39)18-20-47-36(45)26-21-27(34(40)29(37)22-26)24-43(4-2)28-12-6-5-7-13-28/h8-11,14-16,21-22,28,41H,3-7,12-13,17-20,23-24,40H2,1-2H3. The number of nitrogen functional groups attached to an aromatic ring is 1. The molecule has 1 aliphatic carbocycles. The van der Waals surface area contributed by atoms with Crippen LogP contribution in [-0.4, -0.2) is 67.2 Å². The Hall–Kier alpha value is -2.82. The molecule has 0 atom stereocenters. The Bertz CT molecular complexity index is 1480. The second kappa shape index (κ2) is 18.7. The molecule has 1 aliphatic rings. The number of hydrogen-bond acceptors (Lipinski definition) is 8. The minimum absolute atomic E-state index is 0.0881. The fourth-order valence-corrected chi connectivity index (χ4v) is 6.90. The Labute approximate surface area is 297 Å². The van der Waals surface area contributed by atoms with Crippen LogP contribution in [-0.2, 0) is 27.2 Å². The Morgan fingerprint density at radius 1 is 0.915 bits per heavy atom. The van der Waals surface area contributed by atoms with Crippen molar-refractivity contribution in [2.45, 2.75) is 65.0 Å². The number of likely N-dealkylation sites (N-methyl/N-ethyl adjacent to an activating group) is 1. The van der Waals surface area contributed by atoms with Crippen molar-refractivity contribution in [3.63, 3.8) is 0 Å². The second-order valence-electron chi connectivity index (χ2n) is 11.7. The third-order valence-corrected chi connectivity index (χ3v) is 9.94. The predicted molar refractivity (Wildman–Crippen MR) is 195 cm³/mol. The lowest BCUT2D eigenvalue weighted by molar-refractivity contribution is -0.143. The third-order valence-electron chi connectivity index (χ3n) is 8.65.